The van der Waals surface area contributed by atoms with Gasteiger partial charge in [0.2, 0.25) is 0 Å². The van der Waals surface area contributed by atoms with Crippen molar-refractivity contribution in [2.45, 2.75) is 13.8 Å². The minimum Gasteiger partial charge on any atom is -0.0751 e. The zero-order valence-corrected chi connectivity index (χ0v) is 12.6. The van der Waals surface area contributed by atoms with Crippen LogP contribution in [-0.4, -0.2) is 0 Å². The van der Waals surface area contributed by atoms with Crippen LogP contribution < -0.4 is 0 Å². The van der Waals surface area contributed by atoms with E-state index in [1.807, 2.05) is 0 Å². The van der Waals surface area contributed by atoms with Crippen molar-refractivity contribution >= 4 is 5.57 Å². The molecule has 3 rings (SSSR count). The van der Waals surface area contributed by atoms with E-state index in [9.17, 15) is 0 Å². The number of hydrogen-bond acceptors (Lipinski definition) is 0. The minimum atomic E-state index is 0.111. The fourth-order valence-corrected chi connectivity index (χ4v) is 2.60. The van der Waals surface area contributed by atoms with Crippen LogP contribution in [-0.2, 0) is 0 Å². The molecule has 0 spiro atoms. The van der Waals surface area contributed by atoms with Crippen molar-refractivity contribution in [3.8, 4) is 11.1 Å². The van der Waals surface area contributed by atoms with E-state index in [0.29, 0.717) is 0 Å². The number of allylic oxidation sites excluding steroid dienone is 6. The smallest absolute Gasteiger partial charge is 0.00109 e. The molecule has 104 valence electrons. The number of benzene rings is 2. The van der Waals surface area contributed by atoms with Crippen molar-refractivity contribution in [2.75, 3.05) is 0 Å². The van der Waals surface area contributed by atoms with E-state index in [4.69, 9.17) is 0 Å². The van der Waals surface area contributed by atoms with Crippen LogP contribution in [0.4, 0.5) is 0 Å². The predicted molar refractivity (Wildman–Crippen MR) is 91.9 cm³/mol. The van der Waals surface area contributed by atoms with Gasteiger partial charge in [0.15, 0.2) is 0 Å². The van der Waals surface area contributed by atoms with Crippen LogP contribution in [0, 0.1) is 5.41 Å². The Bertz CT molecular complexity index is 713. The van der Waals surface area contributed by atoms with Gasteiger partial charge < -0.3 is 0 Å². The van der Waals surface area contributed by atoms with Crippen LogP contribution in [0.3, 0.4) is 0 Å². The molecule has 2 aromatic rings. The highest BCUT2D eigenvalue weighted by molar-refractivity contribution is 5.86. The molecule has 0 heteroatoms. The second-order valence-corrected chi connectivity index (χ2v) is 6.05. The highest BCUT2D eigenvalue weighted by atomic mass is 14.2. The molecule has 0 atom stereocenters. The molecule has 2 aromatic carbocycles. The van der Waals surface area contributed by atoms with Gasteiger partial charge in [0.25, 0.3) is 0 Å². The van der Waals surface area contributed by atoms with Crippen LogP contribution in [0.1, 0.15) is 19.4 Å². The maximum atomic E-state index is 2.27. The Labute approximate surface area is 127 Å². The maximum absolute atomic E-state index is 2.27. The summed E-state index contributed by atoms with van der Waals surface area (Å²) < 4.78 is 0. The molecule has 0 aliphatic heterocycles. The first-order valence-corrected chi connectivity index (χ1v) is 7.39. The summed E-state index contributed by atoms with van der Waals surface area (Å²) in [5, 5.41) is 0. The van der Waals surface area contributed by atoms with Crippen molar-refractivity contribution < 1.29 is 0 Å². The first kappa shape index (κ1) is 13.6. The van der Waals surface area contributed by atoms with E-state index < -0.39 is 0 Å². The normalized spacial score (nSPS) is 16.4. The van der Waals surface area contributed by atoms with E-state index in [1.54, 1.807) is 0 Å². The van der Waals surface area contributed by atoms with Gasteiger partial charge in [-0.25, -0.2) is 0 Å². The summed E-state index contributed by atoms with van der Waals surface area (Å²) >= 11 is 0. The summed E-state index contributed by atoms with van der Waals surface area (Å²) in [5.74, 6) is 0. The van der Waals surface area contributed by atoms with Crippen LogP contribution in [0.2, 0.25) is 0 Å². The molecule has 0 nitrogen and oxygen atoms in total. The van der Waals surface area contributed by atoms with Crippen LogP contribution >= 0.6 is 0 Å². The average molecular weight is 272 g/mol. The second kappa shape index (κ2) is 5.57. The molecule has 0 bridgehead atoms. The summed E-state index contributed by atoms with van der Waals surface area (Å²) in [5.41, 5.74) is 5.19. The second-order valence-electron chi connectivity index (χ2n) is 6.05. The van der Waals surface area contributed by atoms with E-state index >= 15 is 0 Å². The minimum absolute atomic E-state index is 0.111. The largest absolute Gasteiger partial charge is 0.0751 e. The van der Waals surface area contributed by atoms with Crippen molar-refractivity contribution in [2.24, 2.45) is 5.41 Å². The van der Waals surface area contributed by atoms with Crippen molar-refractivity contribution in [1.29, 1.82) is 0 Å². The lowest BCUT2D eigenvalue weighted by Crippen LogP contribution is -2.00. The van der Waals surface area contributed by atoms with Gasteiger partial charge in [-0.15, -0.1) is 0 Å². The van der Waals surface area contributed by atoms with Crippen LogP contribution in [0.15, 0.2) is 85.0 Å². The molecular formula is C21H20. The fraction of sp³-hybridized carbons (Fsp3) is 0.143. The van der Waals surface area contributed by atoms with Gasteiger partial charge in [0.05, 0.1) is 0 Å². The third-order valence-corrected chi connectivity index (χ3v) is 3.82. The van der Waals surface area contributed by atoms with E-state index in [2.05, 4.69) is 98.8 Å². The quantitative estimate of drug-likeness (QED) is 0.639. The predicted octanol–water partition coefficient (Wildman–Crippen LogP) is 5.89. The summed E-state index contributed by atoms with van der Waals surface area (Å²) in [6, 6.07) is 19.2. The monoisotopic (exact) mass is 272 g/mol. The molecule has 0 aromatic heterocycles. The van der Waals surface area contributed by atoms with Crippen molar-refractivity contribution in [3.63, 3.8) is 0 Å². The molecule has 1 aliphatic rings. The van der Waals surface area contributed by atoms with Crippen LogP contribution in [0.25, 0.3) is 16.7 Å². The Morgan fingerprint density at radius 3 is 2.14 bits per heavy atom. The Hall–Kier alpha value is -2.34. The molecule has 0 N–H and O–H groups in total. The van der Waals surface area contributed by atoms with E-state index in [0.717, 1.165) is 0 Å². The molecule has 0 saturated heterocycles. The summed E-state index contributed by atoms with van der Waals surface area (Å²) in [6.07, 6.45) is 11.1. The molecule has 0 amide bonds. The molecule has 0 saturated carbocycles. The average Bonchev–Trinajstić information content (AvgIpc) is 2.69. The summed E-state index contributed by atoms with van der Waals surface area (Å²) in [7, 11) is 0. The highest BCUT2D eigenvalue weighted by Gasteiger charge is 2.13. The van der Waals surface area contributed by atoms with Crippen molar-refractivity contribution in [3.05, 3.63) is 90.5 Å². The summed E-state index contributed by atoms with van der Waals surface area (Å²) in [4.78, 5) is 0. The summed E-state index contributed by atoms with van der Waals surface area (Å²) in [6.45, 7) is 4.44. The van der Waals surface area contributed by atoms with E-state index in [-0.39, 0.29) is 5.41 Å². The Balaban J connectivity index is 2.09. The Kier molecular flexibility index (Phi) is 3.62. The van der Waals surface area contributed by atoms with Gasteiger partial charge in [-0.05, 0) is 22.3 Å². The molecule has 0 radical (unpaired) electrons. The van der Waals surface area contributed by atoms with Gasteiger partial charge in [0, 0.05) is 5.41 Å². The topological polar surface area (TPSA) is 0 Å². The van der Waals surface area contributed by atoms with Gasteiger partial charge in [-0.2, -0.15) is 0 Å². The molecule has 0 heterocycles. The molecule has 0 unspecified atom stereocenters. The Morgan fingerprint density at radius 2 is 1.38 bits per heavy atom. The molecule has 1 aliphatic carbocycles. The standard InChI is InChI=1S/C21H20/c1-21(2)15-8-11-18(14-16-21)20-13-7-6-12-19(20)17-9-4-3-5-10-17/h3-16H,1-2H3. The number of rotatable bonds is 2. The van der Waals surface area contributed by atoms with Gasteiger partial charge in [-0.1, -0.05) is 98.8 Å². The molecule has 0 fully saturated rings. The first-order valence-electron chi connectivity index (χ1n) is 7.39. The lowest BCUT2D eigenvalue weighted by molar-refractivity contribution is 0.627. The fourth-order valence-electron chi connectivity index (χ4n) is 2.60. The molecular weight excluding hydrogens is 252 g/mol. The van der Waals surface area contributed by atoms with Gasteiger partial charge >= 0.3 is 0 Å². The third-order valence-electron chi connectivity index (χ3n) is 3.82. The van der Waals surface area contributed by atoms with E-state index in [1.165, 1.54) is 22.3 Å². The SMILES string of the molecule is CC1(C)C=CC=C(c2ccccc2-c2ccccc2)C=C1. The number of hydrogen-bond donors (Lipinski definition) is 0. The zero-order valence-electron chi connectivity index (χ0n) is 12.6. The maximum Gasteiger partial charge on any atom is 0.00109 e. The third kappa shape index (κ3) is 3.05. The van der Waals surface area contributed by atoms with Gasteiger partial charge in [-0.3, -0.25) is 0 Å². The zero-order chi connectivity index (χ0) is 14.7. The first-order chi connectivity index (χ1) is 10.2. The van der Waals surface area contributed by atoms with Crippen molar-refractivity contribution in [1.82, 2.24) is 0 Å². The van der Waals surface area contributed by atoms with Crippen LogP contribution in [0.5, 0.6) is 0 Å². The van der Waals surface area contributed by atoms with Gasteiger partial charge in [0.1, 0.15) is 0 Å². The lowest BCUT2D eigenvalue weighted by Gasteiger charge is -2.13. The Morgan fingerprint density at radius 1 is 0.714 bits per heavy atom. The highest BCUT2D eigenvalue weighted by Crippen LogP contribution is 2.32. The molecule has 21 heavy (non-hydrogen) atoms. The lowest BCUT2D eigenvalue weighted by atomic mass is 9.91.